The normalized spacial score (nSPS) is 11.8. The van der Waals surface area contributed by atoms with Crippen LogP contribution in [0.25, 0.3) is 16.0 Å². The molecule has 0 amide bonds. The Morgan fingerprint density at radius 3 is 1.84 bits per heavy atom. The Morgan fingerprint density at radius 2 is 1.28 bits per heavy atom. The first kappa shape index (κ1) is 47.1. The molecule has 4 aromatic carbocycles. The van der Waals surface area contributed by atoms with Crippen LogP contribution in [0.5, 0.6) is 23.0 Å². The van der Waals surface area contributed by atoms with Gasteiger partial charge in [0.25, 0.3) is 0 Å². The Morgan fingerprint density at radius 1 is 0.734 bits per heavy atom. The van der Waals surface area contributed by atoms with E-state index in [0.717, 1.165) is 0 Å². The monoisotopic (exact) mass is 938 g/mol. The smallest absolute Gasteiger partial charge is 0.311 e. The number of carboxylic acids is 1. The number of ether oxygens (including phenoxy) is 4. The number of ketones is 1. The van der Waals surface area contributed by atoms with Crippen molar-refractivity contribution in [1.29, 1.82) is 5.26 Å². The molecule has 0 aliphatic rings. The van der Waals surface area contributed by atoms with Gasteiger partial charge < -0.3 is 29.2 Å². The first-order valence-corrected chi connectivity index (χ1v) is 21.0. The summed E-state index contributed by atoms with van der Waals surface area (Å²) in [6.07, 6.45) is 6.34. The number of aryl methyl sites for hydroxylation is 1. The predicted octanol–water partition coefficient (Wildman–Crippen LogP) is 11.7. The molecule has 0 radical (unpaired) electrons. The van der Waals surface area contributed by atoms with Crippen LogP contribution in [-0.2, 0) is 37.6 Å². The Kier molecular flexibility index (Phi) is 15.7. The number of aliphatic carboxylic acids is 1. The number of halogens is 4. The van der Waals surface area contributed by atoms with Gasteiger partial charge in [0, 0.05) is 64.7 Å². The van der Waals surface area contributed by atoms with E-state index in [4.69, 9.17) is 71.9 Å². The van der Waals surface area contributed by atoms with Gasteiger partial charge in [0.2, 0.25) is 5.69 Å². The van der Waals surface area contributed by atoms with Crippen LogP contribution in [0.4, 0.5) is 5.69 Å². The van der Waals surface area contributed by atoms with Crippen molar-refractivity contribution in [3.63, 3.8) is 0 Å². The number of nitrogens with zero attached hydrogens (tertiary/aromatic N) is 4. The van der Waals surface area contributed by atoms with Crippen LogP contribution in [0.1, 0.15) is 64.0 Å². The van der Waals surface area contributed by atoms with Gasteiger partial charge in [-0.1, -0.05) is 82.8 Å². The predicted molar refractivity (Wildman–Crippen MR) is 243 cm³/mol. The third kappa shape index (κ3) is 11.4. The summed E-state index contributed by atoms with van der Waals surface area (Å²) < 4.78 is 24.5. The fourth-order valence-electron chi connectivity index (χ4n) is 6.39. The number of aliphatic hydroxyl groups excluding tert-OH is 1. The average molecular weight is 941 g/mol. The SMILES string of the molecule is [C-]#[N+]c1cncc(COc2cc(OCc3cccc(-c4cccc(COc5cc(OCc6cncc(C#N)c6)c(C(C)=O)cc5Cl)c4Cl)c3Cl)c(Cl)cc2CCC(C)(CO)C(=O)O)c1. The maximum Gasteiger partial charge on any atom is 0.311 e. The lowest BCUT2D eigenvalue weighted by Crippen LogP contribution is -2.32. The van der Waals surface area contributed by atoms with Crippen LogP contribution in [0.2, 0.25) is 20.1 Å². The molecule has 326 valence electrons. The van der Waals surface area contributed by atoms with Gasteiger partial charge in [0.1, 0.15) is 55.5 Å². The molecule has 0 bridgehead atoms. The lowest BCUT2D eigenvalue weighted by molar-refractivity contribution is -0.150. The summed E-state index contributed by atoms with van der Waals surface area (Å²) in [5, 5.41) is 30.0. The van der Waals surface area contributed by atoms with E-state index in [1.165, 1.54) is 38.4 Å². The second-order valence-electron chi connectivity index (χ2n) is 14.8. The molecule has 0 saturated heterocycles. The van der Waals surface area contributed by atoms with E-state index in [9.17, 15) is 25.1 Å². The van der Waals surface area contributed by atoms with E-state index in [2.05, 4.69) is 14.8 Å². The number of hydrogen-bond acceptors (Lipinski definition) is 10. The standard InChI is InChI=1S/C48H38Cl4N4O8/c1-28(58)38-15-40(50)44(17-42(38)62-23-30-12-29(18-53)19-55-20-30)64-26-34-7-5-9-37(46(34)52)36-8-4-6-33(45(36)51)25-63-43-16-41(61-24-31-13-35(54-3)22-56-21-31)32(14-39(43)49)10-11-48(2,27-57)47(59)60/h4-9,12-17,19-22,57H,10-11,23-27H2,1-2H3,(H,59,60). The number of carbonyl (C=O) groups excluding carboxylic acids is 1. The van der Waals surface area contributed by atoms with Crippen molar-refractivity contribution in [3.8, 4) is 40.2 Å². The minimum Gasteiger partial charge on any atom is -0.488 e. The number of hydrogen-bond donors (Lipinski definition) is 2. The molecule has 2 aromatic heterocycles. The zero-order valence-corrected chi connectivity index (χ0v) is 37.4. The second-order valence-corrected chi connectivity index (χ2v) is 16.4. The number of Topliss-reactive ketones (excluding diaryl/α,β-unsaturated/α-hetero) is 1. The van der Waals surface area contributed by atoms with E-state index < -0.39 is 18.0 Å². The molecule has 64 heavy (non-hydrogen) atoms. The molecule has 6 rings (SSSR count). The molecule has 12 nitrogen and oxygen atoms in total. The number of carbonyl (C=O) groups is 2. The number of aliphatic hydroxyl groups is 1. The molecule has 0 aliphatic heterocycles. The van der Waals surface area contributed by atoms with Crippen LogP contribution in [0.15, 0.2) is 97.6 Å². The van der Waals surface area contributed by atoms with E-state index in [-0.39, 0.29) is 77.9 Å². The third-order valence-electron chi connectivity index (χ3n) is 10.2. The molecule has 2 heterocycles. The fraction of sp³-hybridized carbons (Fsp3) is 0.208. The molecule has 2 N–H and O–H groups in total. The molecule has 1 unspecified atom stereocenters. The van der Waals surface area contributed by atoms with E-state index >= 15 is 0 Å². The van der Waals surface area contributed by atoms with E-state index in [1.54, 1.807) is 48.8 Å². The van der Waals surface area contributed by atoms with Gasteiger partial charge in [0.15, 0.2) is 5.78 Å². The molecule has 0 saturated carbocycles. The lowest BCUT2D eigenvalue weighted by atomic mass is 9.85. The summed E-state index contributed by atoms with van der Waals surface area (Å²) in [4.78, 5) is 36.0. The van der Waals surface area contributed by atoms with Gasteiger partial charge in [-0.15, -0.1) is 0 Å². The average Bonchev–Trinajstić information content (AvgIpc) is 3.29. The van der Waals surface area contributed by atoms with Crippen LogP contribution >= 0.6 is 46.4 Å². The van der Waals surface area contributed by atoms with Crippen LogP contribution in [0.3, 0.4) is 0 Å². The maximum absolute atomic E-state index is 12.5. The molecule has 0 spiro atoms. The van der Waals surface area contributed by atoms with E-state index in [0.29, 0.717) is 66.0 Å². The first-order valence-electron chi connectivity index (χ1n) is 19.5. The number of pyridine rings is 2. The molecule has 16 heteroatoms. The van der Waals surface area contributed by atoms with Crippen molar-refractivity contribution in [2.24, 2.45) is 5.41 Å². The quantitative estimate of drug-likeness (QED) is 0.0586. The van der Waals surface area contributed by atoms with E-state index in [1.807, 2.05) is 30.3 Å². The Balaban J connectivity index is 1.20. The van der Waals surface area contributed by atoms with Gasteiger partial charge in [-0.25, -0.2) is 4.85 Å². The van der Waals surface area contributed by atoms with Crippen LogP contribution in [-0.4, -0.2) is 38.5 Å². The third-order valence-corrected chi connectivity index (χ3v) is 11.7. The Hall–Kier alpha value is -6.38. The Labute approximate surface area is 389 Å². The molecule has 1 atom stereocenters. The number of rotatable bonds is 19. The van der Waals surface area contributed by atoms with Gasteiger partial charge in [0.05, 0.1) is 49.8 Å². The van der Waals surface area contributed by atoms with Crippen molar-refractivity contribution in [3.05, 3.63) is 168 Å². The number of aromatic nitrogens is 2. The minimum absolute atomic E-state index is 0.00420. The van der Waals surface area contributed by atoms with Crippen molar-refractivity contribution in [2.45, 2.75) is 53.1 Å². The minimum atomic E-state index is -1.40. The summed E-state index contributed by atoms with van der Waals surface area (Å²) in [6, 6.07) is 22.5. The fourth-order valence-corrected chi connectivity index (χ4v) is 7.42. The topological polar surface area (TPSA) is 165 Å². The van der Waals surface area contributed by atoms with Crippen LogP contribution < -0.4 is 18.9 Å². The Bertz CT molecular complexity index is 2810. The molecular weight excluding hydrogens is 902 g/mol. The van der Waals surface area contributed by atoms with Gasteiger partial charge in [-0.2, -0.15) is 5.26 Å². The first-order chi connectivity index (χ1) is 30.7. The largest absolute Gasteiger partial charge is 0.488 e. The van der Waals surface area contributed by atoms with Gasteiger partial charge >= 0.3 is 5.97 Å². The second kappa shape index (κ2) is 21.3. The van der Waals surface area contributed by atoms with Crippen LogP contribution in [0, 0.1) is 23.3 Å². The maximum atomic E-state index is 12.5. The highest BCUT2D eigenvalue weighted by Crippen LogP contribution is 2.41. The molecule has 0 fully saturated rings. The lowest BCUT2D eigenvalue weighted by Gasteiger charge is -2.23. The van der Waals surface area contributed by atoms with Gasteiger partial charge in [-0.05, 0) is 62.1 Å². The number of nitriles is 1. The molecular formula is C48H38Cl4N4O8. The zero-order chi connectivity index (χ0) is 46.0. The molecule has 6 aromatic rings. The van der Waals surface area contributed by atoms with Crippen molar-refractivity contribution in [2.75, 3.05) is 6.61 Å². The molecule has 0 aliphatic carbocycles. The highest BCUT2D eigenvalue weighted by Gasteiger charge is 2.32. The van der Waals surface area contributed by atoms with Gasteiger partial charge in [-0.3, -0.25) is 19.6 Å². The van der Waals surface area contributed by atoms with Crippen molar-refractivity contribution < 1.29 is 38.7 Å². The summed E-state index contributed by atoms with van der Waals surface area (Å²) in [5.74, 6) is -0.279. The number of carboxylic acid groups (broad SMARTS) is 1. The highest BCUT2D eigenvalue weighted by molar-refractivity contribution is 6.37. The highest BCUT2D eigenvalue weighted by atomic mass is 35.5. The summed E-state index contributed by atoms with van der Waals surface area (Å²) in [7, 11) is 0. The zero-order valence-electron chi connectivity index (χ0n) is 34.3. The van der Waals surface area contributed by atoms with Crippen molar-refractivity contribution in [1.82, 2.24) is 9.97 Å². The number of benzene rings is 4. The summed E-state index contributed by atoms with van der Waals surface area (Å²) >= 11 is 27.4. The summed E-state index contributed by atoms with van der Waals surface area (Å²) in [6.45, 7) is 9.69. The summed E-state index contributed by atoms with van der Waals surface area (Å²) in [5.41, 5.74) is 3.91. The van der Waals surface area contributed by atoms with Crippen molar-refractivity contribution >= 4 is 63.8 Å².